The molecule has 21 heavy (non-hydrogen) atoms. The second kappa shape index (κ2) is 7.52. The first-order chi connectivity index (χ1) is 10.0. The van der Waals surface area contributed by atoms with E-state index in [0.717, 1.165) is 44.1 Å². The molecule has 4 nitrogen and oxygen atoms in total. The lowest BCUT2D eigenvalue weighted by molar-refractivity contribution is 0.257. The molecule has 1 aliphatic rings. The molecular formula is C15H24Cl2N4. The highest BCUT2D eigenvalue weighted by atomic mass is 35.5. The second-order valence-electron chi connectivity index (χ2n) is 5.76. The van der Waals surface area contributed by atoms with Gasteiger partial charge in [0.2, 0.25) is 0 Å². The third-order valence-corrected chi connectivity index (χ3v) is 4.45. The fraction of sp³-hybridized carbons (Fsp3) is 0.667. The molecule has 0 radical (unpaired) electrons. The molecule has 0 bridgehead atoms. The van der Waals surface area contributed by atoms with Crippen molar-refractivity contribution in [1.82, 2.24) is 9.88 Å². The van der Waals surface area contributed by atoms with Gasteiger partial charge in [-0.05, 0) is 39.4 Å². The van der Waals surface area contributed by atoms with Crippen LogP contribution in [0, 0.1) is 0 Å². The number of pyridine rings is 1. The van der Waals surface area contributed by atoms with E-state index in [1.54, 1.807) is 6.07 Å². The van der Waals surface area contributed by atoms with E-state index in [4.69, 9.17) is 23.2 Å². The maximum absolute atomic E-state index is 6.37. The first-order valence-corrected chi connectivity index (χ1v) is 8.29. The van der Waals surface area contributed by atoms with E-state index in [0.29, 0.717) is 16.1 Å². The number of rotatable bonds is 5. The minimum absolute atomic E-state index is 0.541. The maximum Gasteiger partial charge on any atom is 0.150 e. The normalized spacial score (nSPS) is 19.1. The van der Waals surface area contributed by atoms with Crippen LogP contribution < -0.4 is 10.2 Å². The highest BCUT2D eigenvalue weighted by Crippen LogP contribution is 2.33. The van der Waals surface area contributed by atoms with Crippen LogP contribution >= 0.6 is 23.2 Å². The molecule has 6 heteroatoms. The largest absolute Gasteiger partial charge is 0.369 e. The molecule has 1 unspecified atom stereocenters. The van der Waals surface area contributed by atoms with Crippen molar-refractivity contribution in [2.24, 2.45) is 0 Å². The average molecular weight is 331 g/mol. The molecule has 0 spiro atoms. The Bertz CT molecular complexity index is 479. The number of nitrogens with zero attached hydrogens (tertiary/aromatic N) is 3. The number of hydrogen-bond donors (Lipinski definition) is 1. The Morgan fingerprint density at radius 2 is 2.14 bits per heavy atom. The molecular weight excluding hydrogens is 307 g/mol. The summed E-state index contributed by atoms with van der Waals surface area (Å²) in [5, 5.41) is 4.47. The van der Waals surface area contributed by atoms with Gasteiger partial charge in [-0.3, -0.25) is 0 Å². The monoisotopic (exact) mass is 330 g/mol. The number of halogens is 2. The van der Waals surface area contributed by atoms with Gasteiger partial charge >= 0.3 is 0 Å². The van der Waals surface area contributed by atoms with E-state index in [1.807, 2.05) is 0 Å². The summed E-state index contributed by atoms with van der Waals surface area (Å²) in [6.45, 7) is 4.92. The average Bonchev–Trinajstić information content (AvgIpc) is 2.46. The van der Waals surface area contributed by atoms with Gasteiger partial charge in [0.05, 0.1) is 10.0 Å². The van der Waals surface area contributed by atoms with Crippen LogP contribution in [0.4, 0.5) is 11.6 Å². The SMILES string of the molecule is CCCNc1nc(N2CCCC(N(C)C)C2)c(Cl)cc1Cl. The molecule has 0 amide bonds. The summed E-state index contributed by atoms with van der Waals surface area (Å²) in [6, 6.07) is 2.34. The molecule has 118 valence electrons. The van der Waals surface area contributed by atoms with Gasteiger partial charge in [0.15, 0.2) is 0 Å². The van der Waals surface area contributed by atoms with Crippen molar-refractivity contribution in [2.75, 3.05) is 43.9 Å². The van der Waals surface area contributed by atoms with Crippen molar-refractivity contribution < 1.29 is 0 Å². The van der Waals surface area contributed by atoms with E-state index in [2.05, 4.69) is 41.1 Å². The molecule has 1 fully saturated rings. The molecule has 1 saturated heterocycles. The van der Waals surface area contributed by atoms with E-state index < -0.39 is 0 Å². The van der Waals surface area contributed by atoms with Crippen molar-refractivity contribution >= 4 is 34.8 Å². The summed E-state index contributed by atoms with van der Waals surface area (Å²) in [5.74, 6) is 1.57. The lowest BCUT2D eigenvalue weighted by Crippen LogP contribution is -2.45. The van der Waals surface area contributed by atoms with Gasteiger partial charge in [-0.2, -0.15) is 0 Å². The molecule has 0 aliphatic carbocycles. The van der Waals surface area contributed by atoms with E-state index in [1.165, 1.54) is 6.42 Å². The highest BCUT2D eigenvalue weighted by molar-refractivity contribution is 6.37. The third kappa shape index (κ3) is 4.15. The Morgan fingerprint density at radius 1 is 1.38 bits per heavy atom. The smallest absolute Gasteiger partial charge is 0.150 e. The molecule has 1 aromatic heterocycles. The zero-order valence-corrected chi connectivity index (χ0v) is 14.5. The maximum atomic E-state index is 6.37. The number of hydrogen-bond acceptors (Lipinski definition) is 4. The molecule has 1 N–H and O–H groups in total. The number of nitrogens with one attached hydrogen (secondary N) is 1. The second-order valence-corrected chi connectivity index (χ2v) is 6.57. The summed E-state index contributed by atoms with van der Waals surface area (Å²) >= 11 is 12.6. The van der Waals surface area contributed by atoms with Crippen molar-refractivity contribution in [1.29, 1.82) is 0 Å². The molecule has 0 aromatic carbocycles. The van der Waals surface area contributed by atoms with Crippen LogP contribution in [0.15, 0.2) is 6.07 Å². The number of likely N-dealkylation sites (N-methyl/N-ethyl adjacent to an activating group) is 1. The fourth-order valence-electron chi connectivity index (χ4n) is 2.61. The summed E-state index contributed by atoms with van der Waals surface area (Å²) in [5.41, 5.74) is 0. The molecule has 2 heterocycles. The van der Waals surface area contributed by atoms with Gasteiger partial charge in [0.1, 0.15) is 11.6 Å². The van der Waals surface area contributed by atoms with Crippen molar-refractivity contribution in [3.63, 3.8) is 0 Å². The van der Waals surface area contributed by atoms with Crippen molar-refractivity contribution in [3.05, 3.63) is 16.1 Å². The summed E-state index contributed by atoms with van der Waals surface area (Å²) in [7, 11) is 4.25. The third-order valence-electron chi connectivity index (χ3n) is 3.88. The molecule has 0 saturated carbocycles. The van der Waals surface area contributed by atoms with Gasteiger partial charge in [-0.15, -0.1) is 0 Å². The fourth-order valence-corrected chi connectivity index (χ4v) is 3.16. The molecule has 2 rings (SSSR count). The summed E-state index contributed by atoms with van der Waals surface area (Å²) in [6.07, 6.45) is 3.40. The topological polar surface area (TPSA) is 31.4 Å². The van der Waals surface area contributed by atoms with Crippen molar-refractivity contribution in [3.8, 4) is 0 Å². The molecule has 1 aromatic rings. The predicted octanol–water partition coefficient (Wildman–Crippen LogP) is 3.74. The summed E-state index contributed by atoms with van der Waals surface area (Å²) < 4.78 is 0. The standard InChI is InChI=1S/C15H24Cl2N4/c1-4-7-18-14-12(16)9-13(17)15(19-14)21-8-5-6-11(10-21)20(2)3/h9,11H,4-8,10H2,1-3H3,(H,18,19). The zero-order chi connectivity index (χ0) is 15.4. The lowest BCUT2D eigenvalue weighted by atomic mass is 10.1. The van der Waals surface area contributed by atoms with E-state index >= 15 is 0 Å². The van der Waals surface area contributed by atoms with Crippen LogP contribution in [-0.2, 0) is 0 Å². The van der Waals surface area contributed by atoms with E-state index in [-0.39, 0.29) is 0 Å². The predicted molar refractivity (Wildman–Crippen MR) is 92.0 cm³/mol. The van der Waals surface area contributed by atoms with Crippen LogP contribution in [0.3, 0.4) is 0 Å². The van der Waals surface area contributed by atoms with Gasteiger partial charge in [-0.1, -0.05) is 30.1 Å². The van der Waals surface area contributed by atoms with Gasteiger partial charge in [0.25, 0.3) is 0 Å². The van der Waals surface area contributed by atoms with Crippen molar-refractivity contribution in [2.45, 2.75) is 32.2 Å². The van der Waals surface area contributed by atoms with Gasteiger partial charge in [0, 0.05) is 25.7 Å². The molecule has 1 aliphatic heterocycles. The Hall–Kier alpha value is -0.710. The lowest BCUT2D eigenvalue weighted by Gasteiger charge is -2.37. The number of aromatic nitrogens is 1. The minimum atomic E-state index is 0.541. The Kier molecular flexibility index (Phi) is 5.97. The van der Waals surface area contributed by atoms with Crippen LogP contribution in [-0.4, -0.2) is 49.7 Å². The first kappa shape index (κ1) is 16.7. The van der Waals surface area contributed by atoms with Gasteiger partial charge < -0.3 is 15.1 Å². The quantitative estimate of drug-likeness (QED) is 0.891. The first-order valence-electron chi connectivity index (χ1n) is 7.54. The molecule has 1 atom stereocenters. The van der Waals surface area contributed by atoms with Crippen LogP contribution in [0.25, 0.3) is 0 Å². The van der Waals surface area contributed by atoms with Gasteiger partial charge in [-0.25, -0.2) is 4.98 Å². The van der Waals surface area contributed by atoms with Crippen LogP contribution in [0.5, 0.6) is 0 Å². The minimum Gasteiger partial charge on any atom is -0.369 e. The summed E-state index contributed by atoms with van der Waals surface area (Å²) in [4.78, 5) is 9.20. The van der Waals surface area contributed by atoms with Crippen LogP contribution in [0.1, 0.15) is 26.2 Å². The zero-order valence-electron chi connectivity index (χ0n) is 13.0. The Morgan fingerprint density at radius 3 is 2.81 bits per heavy atom. The van der Waals surface area contributed by atoms with E-state index in [9.17, 15) is 0 Å². The van der Waals surface area contributed by atoms with Crippen LogP contribution in [0.2, 0.25) is 10.0 Å². The number of piperidine rings is 1. The highest BCUT2D eigenvalue weighted by Gasteiger charge is 2.24. The Balaban J connectivity index is 2.21. The number of anilines is 2. The Labute approximate surface area is 137 Å².